The lowest BCUT2D eigenvalue weighted by Gasteiger charge is -1.99. The number of hydrogen-bond acceptors (Lipinski definition) is 4. The predicted octanol–water partition coefficient (Wildman–Crippen LogP) is 4.86. The molecule has 1 aliphatic rings. The van der Waals surface area contributed by atoms with Crippen LogP contribution in [0.3, 0.4) is 0 Å². The molecule has 0 aromatic heterocycles. The zero-order chi connectivity index (χ0) is 16.9. The second kappa shape index (κ2) is 7.73. The lowest BCUT2D eigenvalue weighted by Crippen LogP contribution is -2.19. The molecular formula is C19H18N2OS2. The molecular weight excluding hydrogens is 336 g/mol. The van der Waals surface area contributed by atoms with Gasteiger partial charge < -0.3 is 5.32 Å². The highest BCUT2D eigenvalue weighted by molar-refractivity contribution is 8.18. The molecule has 0 atom stereocenters. The Balaban J connectivity index is 1.76. The van der Waals surface area contributed by atoms with E-state index >= 15 is 0 Å². The molecule has 0 spiro atoms. The lowest BCUT2D eigenvalue weighted by atomic mass is 10.2. The van der Waals surface area contributed by atoms with Crippen molar-refractivity contribution in [2.75, 3.05) is 6.26 Å². The predicted molar refractivity (Wildman–Crippen MR) is 105 cm³/mol. The summed E-state index contributed by atoms with van der Waals surface area (Å²) in [6, 6.07) is 16.2. The van der Waals surface area contributed by atoms with Crippen molar-refractivity contribution in [3.63, 3.8) is 0 Å². The number of carbonyl (C=O) groups is 1. The molecule has 24 heavy (non-hydrogen) atoms. The maximum absolute atomic E-state index is 12.1. The number of aryl methyl sites for hydroxylation is 1. The van der Waals surface area contributed by atoms with Crippen molar-refractivity contribution in [2.45, 2.75) is 18.2 Å². The Morgan fingerprint density at radius 3 is 2.46 bits per heavy atom. The number of rotatable bonds is 4. The Morgan fingerprint density at radius 2 is 1.83 bits per heavy atom. The standard InChI is InChI=1S/C19H18N2OS2/c1-3-13-4-8-15(9-5-13)20-19-21-18(22)17(24-19)12-14-6-10-16(23-2)11-7-14/h4-12H,3H2,1-2H3,(H,20,21,22)/b17-12-. The van der Waals surface area contributed by atoms with Gasteiger partial charge in [-0.05, 0) is 65.9 Å². The smallest absolute Gasteiger partial charge is 0.264 e. The molecule has 0 radical (unpaired) electrons. The van der Waals surface area contributed by atoms with E-state index in [0.29, 0.717) is 10.1 Å². The van der Waals surface area contributed by atoms with Crippen molar-refractivity contribution >= 4 is 46.4 Å². The molecule has 2 aromatic carbocycles. The van der Waals surface area contributed by atoms with E-state index in [-0.39, 0.29) is 5.91 Å². The van der Waals surface area contributed by atoms with Crippen LogP contribution in [0.25, 0.3) is 6.08 Å². The summed E-state index contributed by atoms with van der Waals surface area (Å²) in [5.41, 5.74) is 3.14. The highest BCUT2D eigenvalue weighted by Crippen LogP contribution is 2.28. The fraction of sp³-hybridized carbons (Fsp3) is 0.158. The van der Waals surface area contributed by atoms with Crippen molar-refractivity contribution in [3.8, 4) is 0 Å². The number of benzene rings is 2. The SMILES string of the molecule is CCc1ccc(N=C2NC(=O)/C(=C/c3ccc(SC)cc3)S2)cc1. The molecule has 1 heterocycles. The van der Waals surface area contributed by atoms with Crippen LogP contribution in [0.4, 0.5) is 5.69 Å². The third kappa shape index (κ3) is 4.10. The average molecular weight is 355 g/mol. The van der Waals surface area contributed by atoms with Gasteiger partial charge >= 0.3 is 0 Å². The number of amides is 1. The van der Waals surface area contributed by atoms with Crippen LogP contribution in [0, 0.1) is 0 Å². The number of nitrogens with zero attached hydrogens (tertiary/aromatic N) is 1. The summed E-state index contributed by atoms with van der Waals surface area (Å²) >= 11 is 3.07. The number of thioether (sulfide) groups is 2. The van der Waals surface area contributed by atoms with Gasteiger partial charge in [0.2, 0.25) is 0 Å². The van der Waals surface area contributed by atoms with E-state index in [2.05, 4.69) is 41.5 Å². The summed E-state index contributed by atoms with van der Waals surface area (Å²) in [7, 11) is 0. The fourth-order valence-corrected chi connectivity index (χ4v) is 3.51. The molecule has 5 heteroatoms. The van der Waals surface area contributed by atoms with Gasteiger partial charge in [-0.15, -0.1) is 11.8 Å². The van der Waals surface area contributed by atoms with E-state index in [9.17, 15) is 4.79 Å². The highest BCUT2D eigenvalue weighted by atomic mass is 32.2. The van der Waals surface area contributed by atoms with Crippen LogP contribution in [0.1, 0.15) is 18.1 Å². The van der Waals surface area contributed by atoms with E-state index in [1.54, 1.807) is 11.8 Å². The summed E-state index contributed by atoms with van der Waals surface area (Å²) in [5.74, 6) is -0.0992. The molecule has 2 aromatic rings. The van der Waals surface area contributed by atoms with Crippen molar-refractivity contribution in [1.29, 1.82) is 0 Å². The molecule has 0 saturated carbocycles. The topological polar surface area (TPSA) is 41.5 Å². The van der Waals surface area contributed by atoms with Gasteiger partial charge in [0.15, 0.2) is 5.17 Å². The van der Waals surface area contributed by atoms with Crippen LogP contribution in [-0.4, -0.2) is 17.3 Å². The number of carbonyl (C=O) groups excluding carboxylic acids is 1. The second-order valence-corrected chi connectivity index (χ2v) is 7.19. The van der Waals surface area contributed by atoms with Gasteiger partial charge in [0.25, 0.3) is 5.91 Å². The monoisotopic (exact) mass is 354 g/mol. The minimum absolute atomic E-state index is 0.0992. The molecule has 0 aliphatic carbocycles. The van der Waals surface area contributed by atoms with E-state index < -0.39 is 0 Å². The third-order valence-corrected chi connectivity index (χ3v) is 5.29. The summed E-state index contributed by atoms with van der Waals surface area (Å²) in [4.78, 5) is 18.5. The van der Waals surface area contributed by atoms with Crippen LogP contribution in [0.15, 0.2) is 63.3 Å². The first-order chi connectivity index (χ1) is 11.7. The zero-order valence-electron chi connectivity index (χ0n) is 13.6. The first kappa shape index (κ1) is 16.9. The highest BCUT2D eigenvalue weighted by Gasteiger charge is 2.23. The molecule has 1 aliphatic heterocycles. The van der Waals surface area contributed by atoms with Crippen molar-refractivity contribution in [3.05, 3.63) is 64.6 Å². The normalized spacial score (nSPS) is 17.5. The molecule has 1 fully saturated rings. The number of amidine groups is 1. The van der Waals surface area contributed by atoms with Gasteiger partial charge in [-0.25, -0.2) is 4.99 Å². The Morgan fingerprint density at radius 1 is 1.12 bits per heavy atom. The average Bonchev–Trinajstić information content (AvgIpc) is 2.95. The molecule has 0 unspecified atom stereocenters. The first-order valence-corrected chi connectivity index (χ1v) is 9.74. The van der Waals surface area contributed by atoms with Crippen molar-refractivity contribution < 1.29 is 4.79 Å². The number of nitrogens with one attached hydrogen (secondary N) is 1. The molecule has 0 bridgehead atoms. The van der Waals surface area contributed by atoms with Crippen molar-refractivity contribution in [2.24, 2.45) is 4.99 Å². The molecule has 1 amide bonds. The van der Waals surface area contributed by atoms with E-state index in [0.717, 1.165) is 17.7 Å². The Hall–Kier alpha value is -1.98. The summed E-state index contributed by atoms with van der Waals surface area (Å²) in [6.07, 6.45) is 4.95. The van der Waals surface area contributed by atoms with Gasteiger partial charge in [-0.1, -0.05) is 31.2 Å². The summed E-state index contributed by atoms with van der Waals surface area (Å²) < 4.78 is 0. The maximum atomic E-state index is 12.1. The summed E-state index contributed by atoms with van der Waals surface area (Å²) in [5, 5.41) is 3.45. The summed E-state index contributed by atoms with van der Waals surface area (Å²) in [6.45, 7) is 2.12. The lowest BCUT2D eigenvalue weighted by molar-refractivity contribution is -0.115. The zero-order valence-corrected chi connectivity index (χ0v) is 15.2. The Labute approximate surface area is 150 Å². The largest absolute Gasteiger partial charge is 0.300 e. The fourth-order valence-electron chi connectivity index (χ4n) is 2.26. The van der Waals surface area contributed by atoms with E-state index in [4.69, 9.17) is 0 Å². The Kier molecular flexibility index (Phi) is 5.43. The minimum atomic E-state index is -0.0992. The Bertz CT molecular complexity index is 793. The van der Waals surface area contributed by atoms with Crippen molar-refractivity contribution in [1.82, 2.24) is 5.32 Å². The van der Waals surface area contributed by atoms with Gasteiger partial charge in [0.1, 0.15) is 0 Å². The van der Waals surface area contributed by atoms with Crippen LogP contribution in [0.5, 0.6) is 0 Å². The van der Waals surface area contributed by atoms with E-state index in [1.807, 2.05) is 36.6 Å². The molecule has 3 rings (SSSR count). The van der Waals surface area contributed by atoms with Crippen LogP contribution < -0.4 is 5.32 Å². The van der Waals surface area contributed by atoms with Crippen LogP contribution >= 0.6 is 23.5 Å². The van der Waals surface area contributed by atoms with Gasteiger partial charge in [-0.3, -0.25) is 4.79 Å². The van der Waals surface area contributed by atoms with E-state index in [1.165, 1.54) is 22.2 Å². The number of aliphatic imine (C=N–C) groups is 1. The molecule has 1 N–H and O–H groups in total. The van der Waals surface area contributed by atoms with Crippen LogP contribution in [0.2, 0.25) is 0 Å². The molecule has 1 saturated heterocycles. The second-order valence-electron chi connectivity index (χ2n) is 5.27. The molecule has 3 nitrogen and oxygen atoms in total. The quantitative estimate of drug-likeness (QED) is 0.629. The van der Waals surface area contributed by atoms with Crippen LogP contribution in [-0.2, 0) is 11.2 Å². The first-order valence-electron chi connectivity index (χ1n) is 7.70. The van der Waals surface area contributed by atoms with Gasteiger partial charge in [0, 0.05) is 4.90 Å². The minimum Gasteiger partial charge on any atom is -0.300 e. The van der Waals surface area contributed by atoms with Gasteiger partial charge in [0.05, 0.1) is 10.6 Å². The van der Waals surface area contributed by atoms with Gasteiger partial charge in [-0.2, -0.15) is 0 Å². The molecule has 122 valence electrons. The third-order valence-electron chi connectivity index (χ3n) is 3.64. The number of hydrogen-bond donors (Lipinski definition) is 1. The maximum Gasteiger partial charge on any atom is 0.264 e.